The zero-order chi connectivity index (χ0) is 17.9. The second-order valence-corrected chi connectivity index (χ2v) is 7.69. The van der Waals surface area contributed by atoms with Crippen molar-refractivity contribution in [2.75, 3.05) is 13.6 Å². The summed E-state index contributed by atoms with van der Waals surface area (Å²) >= 11 is 0. The summed E-state index contributed by atoms with van der Waals surface area (Å²) in [5.74, 6) is -1.48. The molecule has 0 aliphatic heterocycles. The van der Waals surface area contributed by atoms with Crippen molar-refractivity contribution in [2.45, 2.75) is 46.1 Å². The summed E-state index contributed by atoms with van der Waals surface area (Å²) in [6.07, 6.45) is 2.97. The van der Waals surface area contributed by atoms with Crippen LogP contribution >= 0.6 is 0 Å². The lowest BCUT2D eigenvalue weighted by Gasteiger charge is -2.29. The van der Waals surface area contributed by atoms with E-state index in [0.29, 0.717) is 0 Å². The Labute approximate surface area is 144 Å². The molecule has 2 rings (SSSR count). The average Bonchev–Trinajstić information content (AvgIpc) is 2.64. The zero-order valence-electron chi connectivity index (χ0n) is 15.0. The van der Waals surface area contributed by atoms with Gasteiger partial charge in [-0.05, 0) is 35.8 Å². The van der Waals surface area contributed by atoms with Gasteiger partial charge in [-0.25, -0.2) is 4.79 Å². The first kappa shape index (κ1) is 18.3. The normalized spacial score (nSPS) is 20.4. The predicted molar refractivity (Wildman–Crippen MR) is 93.9 cm³/mol. The summed E-state index contributed by atoms with van der Waals surface area (Å²) in [7, 11) is 1.64. The molecule has 0 fully saturated rings. The number of nitrogens with one attached hydrogen (secondary N) is 1. The largest absolute Gasteiger partial charge is 0.481 e. The third kappa shape index (κ3) is 4.49. The van der Waals surface area contributed by atoms with Crippen molar-refractivity contribution in [1.29, 1.82) is 0 Å². The van der Waals surface area contributed by atoms with Crippen molar-refractivity contribution >= 4 is 12.0 Å². The van der Waals surface area contributed by atoms with Crippen LogP contribution in [0.25, 0.3) is 0 Å². The van der Waals surface area contributed by atoms with E-state index < -0.39 is 11.9 Å². The van der Waals surface area contributed by atoms with Gasteiger partial charge in [0.1, 0.15) is 0 Å². The first-order valence-corrected chi connectivity index (χ1v) is 8.52. The molecule has 5 nitrogen and oxygen atoms in total. The van der Waals surface area contributed by atoms with E-state index in [1.807, 2.05) is 12.1 Å². The Balaban J connectivity index is 2.14. The number of amides is 2. The van der Waals surface area contributed by atoms with Gasteiger partial charge in [0.15, 0.2) is 0 Å². The topological polar surface area (TPSA) is 69.6 Å². The molecule has 0 bridgehead atoms. The van der Waals surface area contributed by atoms with Gasteiger partial charge in [-0.1, -0.05) is 45.0 Å². The Kier molecular flexibility index (Phi) is 5.52. The number of carbonyl (C=O) groups excluding carboxylic acids is 1. The molecule has 0 saturated heterocycles. The summed E-state index contributed by atoms with van der Waals surface area (Å²) in [5.41, 5.74) is 2.61. The van der Waals surface area contributed by atoms with Gasteiger partial charge in [-0.3, -0.25) is 4.79 Å². The van der Waals surface area contributed by atoms with Gasteiger partial charge in [0.05, 0.1) is 12.0 Å². The smallest absolute Gasteiger partial charge is 0.317 e. The van der Waals surface area contributed by atoms with E-state index in [9.17, 15) is 9.59 Å². The molecule has 0 spiro atoms. The molecule has 5 heteroatoms. The fourth-order valence-electron chi connectivity index (χ4n) is 3.30. The number of benzene rings is 1. The second kappa shape index (κ2) is 7.24. The molecule has 1 aromatic rings. The molecule has 0 saturated carbocycles. The Morgan fingerprint density at radius 1 is 1.38 bits per heavy atom. The molecule has 24 heavy (non-hydrogen) atoms. The fourth-order valence-corrected chi connectivity index (χ4v) is 3.30. The highest BCUT2D eigenvalue weighted by molar-refractivity contribution is 5.76. The third-order valence-corrected chi connectivity index (χ3v) is 4.87. The molecule has 2 amide bonds. The van der Waals surface area contributed by atoms with Gasteiger partial charge >= 0.3 is 12.0 Å². The van der Waals surface area contributed by atoms with E-state index in [0.717, 1.165) is 19.3 Å². The highest BCUT2D eigenvalue weighted by Gasteiger charge is 2.31. The summed E-state index contributed by atoms with van der Waals surface area (Å²) in [6.45, 7) is 6.26. The number of hydrogen-bond acceptors (Lipinski definition) is 2. The Morgan fingerprint density at radius 3 is 2.71 bits per heavy atom. The van der Waals surface area contributed by atoms with E-state index in [1.54, 1.807) is 14.0 Å². The molecule has 1 aliphatic rings. The Bertz CT molecular complexity index is 612. The summed E-state index contributed by atoms with van der Waals surface area (Å²) in [6, 6.07) is 7.99. The second-order valence-electron chi connectivity index (χ2n) is 7.69. The number of urea groups is 1. The first-order valence-electron chi connectivity index (χ1n) is 8.52. The van der Waals surface area contributed by atoms with Crippen LogP contribution in [0.1, 0.15) is 50.8 Å². The number of carbonyl (C=O) groups is 2. The lowest BCUT2D eigenvalue weighted by atomic mass is 9.83. The maximum absolute atomic E-state index is 12.5. The van der Waals surface area contributed by atoms with E-state index in [-0.39, 0.29) is 24.0 Å². The minimum atomic E-state index is -0.893. The van der Waals surface area contributed by atoms with Crippen LogP contribution in [-0.2, 0) is 11.2 Å². The van der Waals surface area contributed by atoms with Crippen molar-refractivity contribution < 1.29 is 14.7 Å². The Morgan fingerprint density at radius 2 is 2.04 bits per heavy atom. The van der Waals surface area contributed by atoms with Crippen LogP contribution in [0.3, 0.4) is 0 Å². The van der Waals surface area contributed by atoms with Gasteiger partial charge in [-0.2, -0.15) is 0 Å². The molecule has 0 radical (unpaired) electrons. The van der Waals surface area contributed by atoms with Gasteiger partial charge in [0, 0.05) is 13.6 Å². The SMILES string of the molecule is CC(CN(C)C(=O)NC1CC(C)(C)CCc2ccccc21)C(=O)O. The van der Waals surface area contributed by atoms with Crippen molar-refractivity contribution in [1.82, 2.24) is 10.2 Å². The number of carboxylic acid groups (broad SMARTS) is 1. The summed E-state index contributed by atoms with van der Waals surface area (Å²) in [5, 5.41) is 12.1. The summed E-state index contributed by atoms with van der Waals surface area (Å²) < 4.78 is 0. The van der Waals surface area contributed by atoms with Gasteiger partial charge in [-0.15, -0.1) is 0 Å². The van der Waals surface area contributed by atoms with Crippen molar-refractivity contribution in [3.63, 3.8) is 0 Å². The van der Waals surface area contributed by atoms with Crippen molar-refractivity contribution in [2.24, 2.45) is 11.3 Å². The molecule has 132 valence electrons. The number of rotatable bonds is 4. The predicted octanol–water partition coefficient (Wildman–Crippen LogP) is 3.45. The summed E-state index contributed by atoms with van der Waals surface area (Å²) in [4.78, 5) is 25.0. The molecule has 2 unspecified atom stereocenters. The molecule has 2 N–H and O–H groups in total. The minimum absolute atomic E-state index is 0.0474. The molecule has 2 atom stereocenters. The number of nitrogens with zero attached hydrogens (tertiary/aromatic N) is 1. The zero-order valence-corrected chi connectivity index (χ0v) is 15.0. The van der Waals surface area contributed by atoms with E-state index in [1.165, 1.54) is 16.0 Å². The molecular formula is C19H28N2O3. The van der Waals surface area contributed by atoms with Gasteiger partial charge < -0.3 is 15.3 Å². The van der Waals surface area contributed by atoms with E-state index in [2.05, 4.69) is 31.3 Å². The molecule has 1 aliphatic carbocycles. The van der Waals surface area contributed by atoms with Gasteiger partial charge in [0.25, 0.3) is 0 Å². The minimum Gasteiger partial charge on any atom is -0.481 e. The van der Waals surface area contributed by atoms with Crippen LogP contribution in [0.5, 0.6) is 0 Å². The first-order chi connectivity index (χ1) is 11.2. The Hall–Kier alpha value is -2.04. The number of fused-ring (bicyclic) bond motifs is 1. The van der Waals surface area contributed by atoms with Crippen LogP contribution in [0, 0.1) is 11.3 Å². The fraction of sp³-hybridized carbons (Fsp3) is 0.579. The van der Waals surface area contributed by atoms with Crippen LogP contribution < -0.4 is 5.32 Å². The molecule has 1 aromatic carbocycles. The van der Waals surface area contributed by atoms with Crippen LogP contribution in [-0.4, -0.2) is 35.6 Å². The van der Waals surface area contributed by atoms with E-state index in [4.69, 9.17) is 5.11 Å². The highest BCUT2D eigenvalue weighted by atomic mass is 16.4. The number of hydrogen-bond donors (Lipinski definition) is 2. The molecule has 0 aromatic heterocycles. The van der Waals surface area contributed by atoms with Crippen LogP contribution in [0.2, 0.25) is 0 Å². The van der Waals surface area contributed by atoms with E-state index >= 15 is 0 Å². The maximum atomic E-state index is 12.5. The van der Waals surface area contributed by atoms with Crippen LogP contribution in [0.4, 0.5) is 4.79 Å². The molecule has 0 heterocycles. The average molecular weight is 332 g/mol. The highest BCUT2D eigenvalue weighted by Crippen LogP contribution is 2.39. The lowest BCUT2D eigenvalue weighted by Crippen LogP contribution is -2.43. The van der Waals surface area contributed by atoms with Crippen molar-refractivity contribution in [3.05, 3.63) is 35.4 Å². The van der Waals surface area contributed by atoms with Crippen LogP contribution in [0.15, 0.2) is 24.3 Å². The third-order valence-electron chi connectivity index (χ3n) is 4.87. The quantitative estimate of drug-likeness (QED) is 0.830. The van der Waals surface area contributed by atoms with Gasteiger partial charge in [0.2, 0.25) is 0 Å². The number of carboxylic acids is 1. The number of aryl methyl sites for hydroxylation is 1. The van der Waals surface area contributed by atoms with Crippen molar-refractivity contribution in [3.8, 4) is 0 Å². The number of aliphatic carboxylic acids is 1. The lowest BCUT2D eigenvalue weighted by molar-refractivity contribution is -0.141. The maximum Gasteiger partial charge on any atom is 0.317 e. The monoisotopic (exact) mass is 332 g/mol. The standard InChI is InChI=1S/C19H28N2O3/c1-13(17(22)23)12-21(4)18(24)20-16-11-19(2,3)10-9-14-7-5-6-8-15(14)16/h5-8,13,16H,9-12H2,1-4H3,(H,20,24)(H,22,23). The molecular weight excluding hydrogens is 304 g/mol.